The Kier molecular flexibility index (Phi) is 6.97. The molecule has 0 aliphatic carbocycles. The lowest BCUT2D eigenvalue weighted by atomic mass is 10.1. The molecule has 1 fully saturated rings. The zero-order valence-electron chi connectivity index (χ0n) is 19.1. The van der Waals surface area contributed by atoms with E-state index in [4.69, 9.17) is 0 Å². The van der Waals surface area contributed by atoms with Gasteiger partial charge in [0.1, 0.15) is 0 Å². The molecule has 6 nitrogen and oxygen atoms in total. The van der Waals surface area contributed by atoms with Gasteiger partial charge in [0.15, 0.2) is 5.16 Å². The number of anilines is 1. The summed E-state index contributed by atoms with van der Waals surface area (Å²) >= 11 is 3.07. The van der Waals surface area contributed by atoms with Crippen molar-refractivity contribution in [1.82, 2.24) is 20.1 Å². The molecular formula is C26H27N5OS2. The Morgan fingerprint density at radius 2 is 1.79 bits per heavy atom. The lowest BCUT2D eigenvalue weighted by Crippen LogP contribution is -2.30. The van der Waals surface area contributed by atoms with Gasteiger partial charge in [-0.1, -0.05) is 65.9 Å². The third-order valence-electron chi connectivity index (χ3n) is 5.90. The molecule has 1 saturated heterocycles. The molecule has 5 rings (SSSR count). The minimum Gasteiger partial charge on any atom is -0.344 e. The fraction of sp³-hybridized carbons (Fsp3) is 0.269. The Morgan fingerprint density at radius 1 is 1.03 bits per heavy atom. The van der Waals surface area contributed by atoms with Gasteiger partial charge in [-0.25, -0.2) is 0 Å². The summed E-state index contributed by atoms with van der Waals surface area (Å²) in [6.07, 6.45) is 2.32. The van der Waals surface area contributed by atoms with Gasteiger partial charge in [0, 0.05) is 18.0 Å². The maximum Gasteiger partial charge on any atom is 0.232 e. The van der Waals surface area contributed by atoms with Gasteiger partial charge in [-0.3, -0.25) is 9.36 Å². The van der Waals surface area contributed by atoms with Crippen LogP contribution in [-0.2, 0) is 4.79 Å². The summed E-state index contributed by atoms with van der Waals surface area (Å²) in [5, 5.41) is 15.0. The number of rotatable bonds is 8. The predicted octanol–water partition coefficient (Wildman–Crippen LogP) is 5.24. The van der Waals surface area contributed by atoms with E-state index in [1.165, 1.54) is 17.3 Å². The number of carbonyl (C=O) groups is 1. The summed E-state index contributed by atoms with van der Waals surface area (Å²) in [4.78, 5) is 16.4. The fourth-order valence-corrected chi connectivity index (χ4v) is 5.71. The van der Waals surface area contributed by atoms with Crippen molar-refractivity contribution < 1.29 is 4.79 Å². The molecular weight excluding hydrogens is 462 g/mol. The first kappa shape index (κ1) is 22.7. The van der Waals surface area contributed by atoms with Crippen molar-refractivity contribution in [2.24, 2.45) is 0 Å². The summed E-state index contributed by atoms with van der Waals surface area (Å²) in [6.45, 7) is 4.04. The van der Waals surface area contributed by atoms with E-state index >= 15 is 0 Å². The average Bonchev–Trinajstić information content (AvgIpc) is 3.64. The van der Waals surface area contributed by atoms with Crippen LogP contribution >= 0.6 is 23.1 Å². The van der Waals surface area contributed by atoms with Gasteiger partial charge in [-0.05, 0) is 48.9 Å². The first-order valence-corrected chi connectivity index (χ1v) is 13.3. The highest BCUT2D eigenvalue weighted by Gasteiger charge is 2.24. The van der Waals surface area contributed by atoms with Gasteiger partial charge in [0.2, 0.25) is 11.9 Å². The van der Waals surface area contributed by atoms with E-state index in [0.717, 1.165) is 53.2 Å². The van der Waals surface area contributed by atoms with E-state index in [0.29, 0.717) is 0 Å². The second-order valence-corrected chi connectivity index (χ2v) is 10.3. The number of aryl methyl sites for hydroxylation is 1. The Balaban J connectivity index is 1.35. The van der Waals surface area contributed by atoms with Crippen LogP contribution in [0.3, 0.4) is 0 Å². The molecule has 3 heterocycles. The van der Waals surface area contributed by atoms with Crippen molar-refractivity contribution in [3.8, 4) is 5.69 Å². The van der Waals surface area contributed by atoms with Crippen LogP contribution < -0.4 is 10.2 Å². The summed E-state index contributed by atoms with van der Waals surface area (Å²) in [5.41, 5.74) is 3.29. The van der Waals surface area contributed by atoms with E-state index in [9.17, 15) is 4.79 Å². The number of thioether (sulfide) groups is 1. The monoisotopic (exact) mass is 489 g/mol. The molecule has 1 atom stereocenters. The van der Waals surface area contributed by atoms with Crippen LogP contribution in [0.1, 0.15) is 34.9 Å². The minimum absolute atomic E-state index is 0.0339. The molecule has 0 radical (unpaired) electrons. The second kappa shape index (κ2) is 10.4. The highest BCUT2D eigenvalue weighted by Crippen LogP contribution is 2.30. The number of nitrogens with one attached hydrogen (secondary N) is 1. The number of amides is 1. The smallest absolute Gasteiger partial charge is 0.232 e. The van der Waals surface area contributed by atoms with Crippen molar-refractivity contribution in [3.63, 3.8) is 0 Å². The molecule has 1 unspecified atom stereocenters. The van der Waals surface area contributed by atoms with Gasteiger partial charge in [-0.2, -0.15) is 0 Å². The third kappa shape index (κ3) is 5.03. The number of benzene rings is 2. The van der Waals surface area contributed by atoms with E-state index in [1.807, 2.05) is 41.8 Å². The largest absolute Gasteiger partial charge is 0.344 e. The topological polar surface area (TPSA) is 63.1 Å². The van der Waals surface area contributed by atoms with Gasteiger partial charge < -0.3 is 10.2 Å². The molecule has 0 bridgehead atoms. The van der Waals surface area contributed by atoms with Crippen LogP contribution in [0.25, 0.3) is 5.69 Å². The van der Waals surface area contributed by atoms with Gasteiger partial charge in [-0.15, -0.1) is 21.5 Å². The number of nitrogens with zero attached hydrogens (tertiary/aromatic N) is 4. The molecule has 1 amide bonds. The van der Waals surface area contributed by atoms with E-state index in [1.54, 1.807) is 11.3 Å². The zero-order chi connectivity index (χ0) is 23.3. The normalized spacial score (nSPS) is 14.3. The lowest BCUT2D eigenvalue weighted by molar-refractivity contribution is -0.119. The summed E-state index contributed by atoms with van der Waals surface area (Å²) in [7, 11) is 0. The SMILES string of the molecule is Cc1ccc(-n2c(SCC(=O)NC(c3ccccc3)c3cccs3)nnc2N2CCCC2)cc1. The van der Waals surface area contributed by atoms with Crippen LogP contribution in [0, 0.1) is 6.92 Å². The van der Waals surface area contributed by atoms with E-state index in [-0.39, 0.29) is 17.7 Å². The predicted molar refractivity (Wildman–Crippen MR) is 139 cm³/mol. The Morgan fingerprint density at radius 3 is 2.50 bits per heavy atom. The fourth-order valence-electron chi connectivity index (χ4n) is 4.15. The minimum atomic E-state index is -0.163. The van der Waals surface area contributed by atoms with Gasteiger partial charge >= 0.3 is 0 Å². The van der Waals surface area contributed by atoms with E-state index < -0.39 is 0 Å². The van der Waals surface area contributed by atoms with Crippen LogP contribution in [-0.4, -0.2) is 39.5 Å². The average molecular weight is 490 g/mol. The molecule has 174 valence electrons. The van der Waals surface area contributed by atoms with Crippen molar-refractivity contribution in [2.75, 3.05) is 23.7 Å². The number of thiophene rings is 1. The second-order valence-electron chi connectivity index (χ2n) is 8.36. The molecule has 4 aromatic rings. The summed E-state index contributed by atoms with van der Waals surface area (Å²) in [6, 6.07) is 22.4. The highest BCUT2D eigenvalue weighted by atomic mass is 32.2. The molecule has 1 aliphatic rings. The van der Waals surface area contributed by atoms with Crippen molar-refractivity contribution >= 4 is 35.0 Å². The number of hydrogen-bond acceptors (Lipinski definition) is 6. The molecule has 34 heavy (non-hydrogen) atoms. The molecule has 2 aromatic carbocycles. The first-order chi connectivity index (χ1) is 16.7. The number of hydrogen-bond donors (Lipinski definition) is 1. The maximum atomic E-state index is 13.1. The lowest BCUT2D eigenvalue weighted by Gasteiger charge is -2.19. The van der Waals surface area contributed by atoms with Crippen LogP contribution in [0.5, 0.6) is 0 Å². The van der Waals surface area contributed by atoms with Gasteiger partial charge in [0.05, 0.1) is 17.5 Å². The highest BCUT2D eigenvalue weighted by molar-refractivity contribution is 7.99. The third-order valence-corrected chi connectivity index (χ3v) is 7.76. The Labute approximate surface area is 208 Å². The first-order valence-electron chi connectivity index (χ1n) is 11.5. The van der Waals surface area contributed by atoms with Gasteiger partial charge in [0.25, 0.3) is 0 Å². The number of carbonyl (C=O) groups excluding carboxylic acids is 1. The van der Waals surface area contributed by atoms with Crippen LogP contribution in [0.2, 0.25) is 0 Å². The molecule has 2 aromatic heterocycles. The van der Waals surface area contributed by atoms with Crippen molar-refractivity contribution in [1.29, 1.82) is 0 Å². The van der Waals surface area contributed by atoms with Crippen LogP contribution in [0.15, 0.2) is 77.3 Å². The van der Waals surface area contributed by atoms with E-state index in [2.05, 4.69) is 62.2 Å². The quantitative estimate of drug-likeness (QED) is 0.343. The van der Waals surface area contributed by atoms with Crippen LogP contribution in [0.4, 0.5) is 5.95 Å². The summed E-state index contributed by atoms with van der Waals surface area (Å²) < 4.78 is 2.08. The van der Waals surface area contributed by atoms with Crippen molar-refractivity contribution in [2.45, 2.75) is 31.0 Å². The zero-order valence-corrected chi connectivity index (χ0v) is 20.7. The molecule has 0 saturated carbocycles. The molecule has 8 heteroatoms. The number of aromatic nitrogens is 3. The molecule has 0 spiro atoms. The Bertz CT molecular complexity index is 1220. The standard InChI is InChI=1S/C26H27N5OS2/c1-19-11-13-21(14-12-19)31-25(30-15-5-6-16-30)28-29-26(31)34-18-23(32)27-24(22-10-7-17-33-22)20-8-3-2-4-9-20/h2-4,7-14,17,24H,5-6,15-16,18H2,1H3,(H,27,32). The molecule has 1 aliphatic heterocycles. The van der Waals surface area contributed by atoms with Crippen molar-refractivity contribution in [3.05, 3.63) is 88.1 Å². The Hall–Kier alpha value is -3.10. The maximum absolute atomic E-state index is 13.1. The summed E-state index contributed by atoms with van der Waals surface area (Å²) in [5.74, 6) is 1.08. The molecule has 1 N–H and O–H groups in total.